The van der Waals surface area contributed by atoms with Crippen LogP contribution in [0.3, 0.4) is 0 Å². The molecule has 1 atom stereocenters. The zero-order valence-corrected chi connectivity index (χ0v) is 11.5. The van der Waals surface area contributed by atoms with Crippen LogP contribution < -0.4 is 5.32 Å². The maximum atomic E-state index is 12.3. The van der Waals surface area contributed by atoms with Gasteiger partial charge in [-0.3, -0.25) is 4.79 Å². The van der Waals surface area contributed by atoms with Gasteiger partial charge in [0.05, 0.1) is 0 Å². The highest BCUT2D eigenvalue weighted by atomic mass is 16.1. The summed E-state index contributed by atoms with van der Waals surface area (Å²) in [6.07, 6.45) is 6.04. The molecule has 0 saturated carbocycles. The van der Waals surface area contributed by atoms with Crippen LogP contribution in [0, 0.1) is 0 Å². The third kappa shape index (κ3) is 2.81. The van der Waals surface area contributed by atoms with Crippen LogP contribution in [0.4, 0.5) is 0 Å². The number of benzene rings is 1. The smallest absolute Gasteiger partial charge is 0.163 e. The number of aryl methyl sites for hydroxylation is 1. The Labute approximate surface area is 110 Å². The Morgan fingerprint density at radius 1 is 1.44 bits per heavy atom. The summed E-state index contributed by atoms with van der Waals surface area (Å²) in [5.41, 5.74) is 3.65. The Balaban J connectivity index is 2.23. The van der Waals surface area contributed by atoms with Gasteiger partial charge in [0.2, 0.25) is 0 Å². The van der Waals surface area contributed by atoms with Crippen LogP contribution in [0.5, 0.6) is 0 Å². The van der Waals surface area contributed by atoms with Crippen molar-refractivity contribution in [3.8, 4) is 0 Å². The maximum absolute atomic E-state index is 12.3. The van der Waals surface area contributed by atoms with Crippen LogP contribution in [0.1, 0.15) is 54.1 Å². The zero-order valence-electron chi connectivity index (χ0n) is 11.5. The summed E-state index contributed by atoms with van der Waals surface area (Å²) in [5.74, 6) is 0.324. The van der Waals surface area contributed by atoms with Crippen LogP contribution in [0.15, 0.2) is 18.2 Å². The first-order valence-corrected chi connectivity index (χ1v) is 7.07. The molecule has 0 fully saturated rings. The molecule has 2 nitrogen and oxygen atoms in total. The molecule has 1 N–H and O–H groups in total. The Morgan fingerprint density at radius 3 is 3.00 bits per heavy atom. The van der Waals surface area contributed by atoms with Crippen molar-refractivity contribution in [3.63, 3.8) is 0 Å². The predicted octanol–water partition coefficient (Wildman–Crippen LogP) is 3.14. The third-order valence-electron chi connectivity index (χ3n) is 3.95. The molecule has 0 unspecified atom stereocenters. The molecule has 0 radical (unpaired) electrons. The van der Waals surface area contributed by atoms with Crippen molar-refractivity contribution in [3.05, 3.63) is 34.9 Å². The van der Waals surface area contributed by atoms with Crippen molar-refractivity contribution in [2.24, 2.45) is 0 Å². The molecule has 1 aliphatic carbocycles. The number of nitrogens with one attached hydrogen (secondary N) is 1. The molecule has 1 aliphatic rings. The fourth-order valence-electron chi connectivity index (χ4n) is 2.77. The zero-order chi connectivity index (χ0) is 13.0. The van der Waals surface area contributed by atoms with Gasteiger partial charge in [-0.2, -0.15) is 0 Å². The summed E-state index contributed by atoms with van der Waals surface area (Å²) < 4.78 is 0. The standard InChI is InChI=1S/C16H23NO/c1-3-4-8-16(18)14-7-5-6-12-9-10-13(17-2)11-15(12)14/h5-7,13,17H,3-4,8-11H2,1-2H3/t13-/m1/s1. The number of likely N-dealkylation sites (N-methyl/N-ethyl adjacent to an activating group) is 1. The lowest BCUT2D eigenvalue weighted by Crippen LogP contribution is -2.32. The van der Waals surface area contributed by atoms with E-state index in [0.29, 0.717) is 18.2 Å². The molecule has 0 aromatic heterocycles. The van der Waals surface area contributed by atoms with Crippen molar-refractivity contribution < 1.29 is 4.79 Å². The van der Waals surface area contributed by atoms with Gasteiger partial charge in [-0.1, -0.05) is 31.5 Å². The van der Waals surface area contributed by atoms with Gasteiger partial charge >= 0.3 is 0 Å². The van der Waals surface area contributed by atoms with E-state index < -0.39 is 0 Å². The number of carbonyl (C=O) groups excluding carboxylic acids is 1. The first kappa shape index (κ1) is 13.3. The minimum atomic E-state index is 0.324. The van der Waals surface area contributed by atoms with E-state index in [1.807, 2.05) is 19.2 Å². The van der Waals surface area contributed by atoms with Gasteiger partial charge in [0.25, 0.3) is 0 Å². The highest BCUT2D eigenvalue weighted by Gasteiger charge is 2.21. The second kappa shape index (κ2) is 6.14. The monoisotopic (exact) mass is 245 g/mol. The summed E-state index contributed by atoms with van der Waals surface area (Å²) in [4.78, 5) is 12.3. The average molecular weight is 245 g/mol. The van der Waals surface area contributed by atoms with Gasteiger partial charge in [0.15, 0.2) is 5.78 Å². The number of ketones is 1. The molecule has 0 amide bonds. The van der Waals surface area contributed by atoms with Gasteiger partial charge in [-0.05, 0) is 43.9 Å². The summed E-state index contributed by atoms with van der Waals surface area (Å²) in [6, 6.07) is 6.75. The van der Waals surface area contributed by atoms with Crippen molar-refractivity contribution in [1.29, 1.82) is 0 Å². The Kier molecular flexibility index (Phi) is 4.54. The minimum Gasteiger partial charge on any atom is -0.317 e. The first-order valence-electron chi connectivity index (χ1n) is 7.07. The molecule has 2 rings (SSSR count). The van der Waals surface area contributed by atoms with Gasteiger partial charge in [-0.15, -0.1) is 0 Å². The van der Waals surface area contributed by atoms with Crippen molar-refractivity contribution in [2.45, 2.75) is 51.5 Å². The van der Waals surface area contributed by atoms with Crippen LogP contribution in [0.25, 0.3) is 0 Å². The SMILES string of the molecule is CCCCC(=O)c1cccc2c1C[C@H](NC)CC2. The van der Waals surface area contributed by atoms with Gasteiger partial charge < -0.3 is 5.32 Å². The van der Waals surface area contributed by atoms with Crippen LogP contribution in [-0.4, -0.2) is 18.9 Å². The molecule has 18 heavy (non-hydrogen) atoms. The summed E-state index contributed by atoms with van der Waals surface area (Å²) in [5, 5.41) is 3.34. The number of fused-ring (bicyclic) bond motifs is 1. The van der Waals surface area contributed by atoms with Crippen LogP contribution in [0.2, 0.25) is 0 Å². The largest absolute Gasteiger partial charge is 0.317 e. The number of hydrogen-bond acceptors (Lipinski definition) is 2. The molecular weight excluding hydrogens is 222 g/mol. The summed E-state index contributed by atoms with van der Waals surface area (Å²) >= 11 is 0. The van der Waals surface area contributed by atoms with E-state index in [1.165, 1.54) is 17.5 Å². The minimum absolute atomic E-state index is 0.324. The Morgan fingerprint density at radius 2 is 2.28 bits per heavy atom. The predicted molar refractivity (Wildman–Crippen MR) is 75.2 cm³/mol. The van der Waals surface area contributed by atoms with E-state index in [9.17, 15) is 4.79 Å². The van der Waals surface area contributed by atoms with E-state index >= 15 is 0 Å². The highest BCUT2D eigenvalue weighted by Crippen LogP contribution is 2.26. The molecule has 0 bridgehead atoms. The number of unbranched alkanes of at least 4 members (excludes halogenated alkanes) is 1. The molecule has 1 aromatic carbocycles. The second-order valence-corrected chi connectivity index (χ2v) is 5.20. The lowest BCUT2D eigenvalue weighted by atomic mass is 9.84. The van der Waals surface area contributed by atoms with E-state index in [4.69, 9.17) is 0 Å². The second-order valence-electron chi connectivity index (χ2n) is 5.20. The van der Waals surface area contributed by atoms with Gasteiger partial charge in [-0.25, -0.2) is 0 Å². The van der Waals surface area contributed by atoms with E-state index in [0.717, 1.165) is 31.2 Å². The molecule has 0 aliphatic heterocycles. The fraction of sp³-hybridized carbons (Fsp3) is 0.562. The number of hydrogen-bond donors (Lipinski definition) is 1. The van der Waals surface area contributed by atoms with Crippen molar-refractivity contribution in [2.75, 3.05) is 7.05 Å². The lowest BCUT2D eigenvalue weighted by molar-refractivity contribution is 0.0978. The van der Waals surface area contributed by atoms with Crippen molar-refractivity contribution in [1.82, 2.24) is 5.32 Å². The topological polar surface area (TPSA) is 29.1 Å². The molecule has 2 heteroatoms. The maximum Gasteiger partial charge on any atom is 0.163 e. The third-order valence-corrected chi connectivity index (χ3v) is 3.95. The summed E-state index contributed by atoms with van der Waals surface area (Å²) in [7, 11) is 2.01. The Bertz CT molecular complexity index is 425. The normalized spacial score (nSPS) is 18.4. The lowest BCUT2D eigenvalue weighted by Gasteiger charge is -2.26. The molecule has 1 aromatic rings. The first-order chi connectivity index (χ1) is 8.76. The van der Waals surface area contributed by atoms with Crippen LogP contribution >= 0.6 is 0 Å². The molecular formula is C16H23NO. The van der Waals surface area contributed by atoms with E-state index in [2.05, 4.69) is 18.3 Å². The quantitative estimate of drug-likeness (QED) is 0.807. The number of Topliss-reactive ketones (excluding diaryl/α,β-unsaturated/α-hetero) is 1. The van der Waals surface area contributed by atoms with Crippen LogP contribution in [-0.2, 0) is 12.8 Å². The number of carbonyl (C=O) groups is 1. The molecule has 98 valence electrons. The summed E-state index contributed by atoms with van der Waals surface area (Å²) in [6.45, 7) is 2.13. The van der Waals surface area contributed by atoms with E-state index in [-0.39, 0.29) is 0 Å². The molecule has 0 heterocycles. The van der Waals surface area contributed by atoms with E-state index in [1.54, 1.807) is 0 Å². The fourth-order valence-corrected chi connectivity index (χ4v) is 2.77. The highest BCUT2D eigenvalue weighted by molar-refractivity contribution is 5.97. The molecule has 0 spiro atoms. The number of rotatable bonds is 5. The molecule has 0 saturated heterocycles. The Hall–Kier alpha value is -1.15. The van der Waals surface area contributed by atoms with Crippen molar-refractivity contribution >= 4 is 5.78 Å². The van der Waals surface area contributed by atoms with Gasteiger partial charge in [0, 0.05) is 18.0 Å². The van der Waals surface area contributed by atoms with Gasteiger partial charge in [0.1, 0.15) is 0 Å². The average Bonchev–Trinajstić information content (AvgIpc) is 2.43.